The SMILES string of the molecule is Cc1cc(F)cc(N2CCN(CC[C@H]3CC[C@H](NC(=O)CC#N)CC3)CC2)c1. The molecular formula is C22H31FN4O. The van der Waals surface area contributed by atoms with Gasteiger partial charge < -0.3 is 10.2 Å². The number of carbonyl (C=O) groups is 1. The fourth-order valence-electron chi connectivity index (χ4n) is 4.44. The van der Waals surface area contributed by atoms with E-state index < -0.39 is 0 Å². The van der Waals surface area contributed by atoms with Crippen LogP contribution in [0.5, 0.6) is 0 Å². The molecule has 0 radical (unpaired) electrons. The molecule has 1 aromatic rings. The van der Waals surface area contributed by atoms with E-state index in [1.54, 1.807) is 12.1 Å². The Labute approximate surface area is 167 Å². The lowest BCUT2D eigenvalue weighted by Crippen LogP contribution is -2.47. The Balaban J connectivity index is 1.35. The Morgan fingerprint density at radius 2 is 1.89 bits per heavy atom. The summed E-state index contributed by atoms with van der Waals surface area (Å²) in [6, 6.07) is 7.42. The van der Waals surface area contributed by atoms with Crippen LogP contribution in [-0.2, 0) is 4.79 Å². The molecule has 1 saturated carbocycles. The van der Waals surface area contributed by atoms with Crippen LogP contribution in [0.1, 0.15) is 44.1 Å². The number of anilines is 1. The van der Waals surface area contributed by atoms with E-state index in [0.717, 1.165) is 75.6 Å². The molecular weight excluding hydrogens is 355 g/mol. The van der Waals surface area contributed by atoms with Crippen molar-refractivity contribution >= 4 is 11.6 Å². The molecule has 2 aliphatic rings. The summed E-state index contributed by atoms with van der Waals surface area (Å²) in [6.07, 6.45) is 5.52. The molecule has 152 valence electrons. The summed E-state index contributed by atoms with van der Waals surface area (Å²) in [5.41, 5.74) is 1.96. The second kappa shape index (κ2) is 9.88. The normalized spacial score (nSPS) is 23.2. The summed E-state index contributed by atoms with van der Waals surface area (Å²) in [5.74, 6) is 0.433. The number of carbonyl (C=O) groups excluding carboxylic acids is 1. The minimum absolute atomic E-state index is 0.0406. The van der Waals surface area contributed by atoms with E-state index in [1.165, 1.54) is 6.42 Å². The van der Waals surface area contributed by atoms with Gasteiger partial charge in [0, 0.05) is 37.9 Å². The average molecular weight is 387 g/mol. The van der Waals surface area contributed by atoms with Gasteiger partial charge in [-0.1, -0.05) is 0 Å². The van der Waals surface area contributed by atoms with Crippen molar-refractivity contribution in [1.82, 2.24) is 10.2 Å². The molecule has 0 bridgehead atoms. The van der Waals surface area contributed by atoms with E-state index in [-0.39, 0.29) is 24.2 Å². The number of amides is 1. The Kier molecular flexibility index (Phi) is 7.27. The van der Waals surface area contributed by atoms with Crippen LogP contribution >= 0.6 is 0 Å². The molecule has 28 heavy (non-hydrogen) atoms. The summed E-state index contributed by atoms with van der Waals surface area (Å²) in [4.78, 5) is 16.3. The van der Waals surface area contributed by atoms with E-state index in [9.17, 15) is 9.18 Å². The minimum Gasteiger partial charge on any atom is -0.369 e. The lowest BCUT2D eigenvalue weighted by Gasteiger charge is -2.37. The van der Waals surface area contributed by atoms with Gasteiger partial charge in [0.15, 0.2) is 0 Å². The van der Waals surface area contributed by atoms with Crippen LogP contribution in [0.15, 0.2) is 18.2 Å². The molecule has 1 heterocycles. The van der Waals surface area contributed by atoms with E-state index in [2.05, 4.69) is 21.2 Å². The molecule has 0 unspecified atom stereocenters. The molecule has 1 aromatic carbocycles. The van der Waals surface area contributed by atoms with Crippen LogP contribution < -0.4 is 10.2 Å². The predicted molar refractivity (Wildman–Crippen MR) is 109 cm³/mol. The maximum absolute atomic E-state index is 13.6. The molecule has 1 aliphatic heterocycles. The van der Waals surface area contributed by atoms with E-state index in [0.29, 0.717) is 0 Å². The van der Waals surface area contributed by atoms with Gasteiger partial charge in [-0.05, 0) is 75.3 Å². The zero-order valence-corrected chi connectivity index (χ0v) is 16.8. The fourth-order valence-corrected chi connectivity index (χ4v) is 4.44. The third-order valence-electron chi connectivity index (χ3n) is 6.07. The van der Waals surface area contributed by atoms with Gasteiger partial charge in [-0.25, -0.2) is 4.39 Å². The van der Waals surface area contributed by atoms with Gasteiger partial charge in [-0.15, -0.1) is 0 Å². The molecule has 1 N–H and O–H groups in total. The van der Waals surface area contributed by atoms with E-state index in [1.807, 2.05) is 13.0 Å². The van der Waals surface area contributed by atoms with Gasteiger partial charge in [0.05, 0.1) is 6.07 Å². The van der Waals surface area contributed by atoms with Gasteiger partial charge in [0.1, 0.15) is 12.2 Å². The van der Waals surface area contributed by atoms with Crippen LogP contribution in [0.25, 0.3) is 0 Å². The maximum Gasteiger partial charge on any atom is 0.234 e. The summed E-state index contributed by atoms with van der Waals surface area (Å²) in [6.45, 7) is 6.99. The molecule has 1 aliphatic carbocycles. The summed E-state index contributed by atoms with van der Waals surface area (Å²) < 4.78 is 13.6. The lowest BCUT2D eigenvalue weighted by atomic mass is 9.84. The molecule has 0 atom stereocenters. The fraction of sp³-hybridized carbons (Fsp3) is 0.636. The van der Waals surface area contributed by atoms with Gasteiger partial charge >= 0.3 is 0 Å². The molecule has 3 rings (SSSR count). The Hall–Kier alpha value is -2.13. The number of hydrogen-bond acceptors (Lipinski definition) is 4. The summed E-state index contributed by atoms with van der Waals surface area (Å²) >= 11 is 0. The van der Waals surface area contributed by atoms with Crippen molar-refractivity contribution in [1.29, 1.82) is 5.26 Å². The van der Waals surface area contributed by atoms with Crippen molar-refractivity contribution in [3.05, 3.63) is 29.6 Å². The Bertz CT molecular complexity index is 681. The number of aryl methyl sites for hydroxylation is 1. The average Bonchev–Trinajstić information content (AvgIpc) is 2.67. The molecule has 1 saturated heterocycles. The quantitative estimate of drug-likeness (QED) is 0.815. The summed E-state index contributed by atoms with van der Waals surface area (Å²) in [7, 11) is 0. The number of hydrogen-bond donors (Lipinski definition) is 1. The minimum atomic E-state index is -0.156. The van der Waals surface area contributed by atoms with E-state index in [4.69, 9.17) is 5.26 Å². The maximum atomic E-state index is 13.6. The van der Waals surface area contributed by atoms with Crippen LogP contribution in [-0.4, -0.2) is 49.6 Å². The molecule has 1 amide bonds. The first kappa shape index (κ1) is 20.6. The van der Waals surface area contributed by atoms with Gasteiger partial charge in [-0.3, -0.25) is 9.69 Å². The molecule has 6 heteroatoms. The highest BCUT2D eigenvalue weighted by Crippen LogP contribution is 2.27. The monoisotopic (exact) mass is 386 g/mol. The first-order valence-corrected chi connectivity index (χ1v) is 10.4. The number of halogens is 1. The largest absolute Gasteiger partial charge is 0.369 e. The van der Waals surface area contributed by atoms with Crippen molar-refractivity contribution in [3.8, 4) is 6.07 Å². The van der Waals surface area contributed by atoms with Gasteiger partial charge in [-0.2, -0.15) is 5.26 Å². The lowest BCUT2D eigenvalue weighted by molar-refractivity contribution is -0.121. The Morgan fingerprint density at radius 1 is 1.18 bits per heavy atom. The highest BCUT2D eigenvalue weighted by Gasteiger charge is 2.24. The third-order valence-corrected chi connectivity index (χ3v) is 6.07. The van der Waals surface area contributed by atoms with Crippen molar-refractivity contribution in [2.75, 3.05) is 37.6 Å². The number of benzene rings is 1. The third kappa shape index (κ3) is 5.93. The topological polar surface area (TPSA) is 59.4 Å². The van der Waals surface area contributed by atoms with Crippen LogP contribution in [0.3, 0.4) is 0 Å². The van der Waals surface area contributed by atoms with Crippen LogP contribution in [0.2, 0.25) is 0 Å². The zero-order valence-electron chi connectivity index (χ0n) is 16.8. The highest BCUT2D eigenvalue weighted by atomic mass is 19.1. The van der Waals surface area contributed by atoms with Crippen molar-refractivity contribution < 1.29 is 9.18 Å². The van der Waals surface area contributed by atoms with Crippen molar-refractivity contribution in [2.45, 2.75) is 51.5 Å². The molecule has 5 nitrogen and oxygen atoms in total. The number of nitrogens with one attached hydrogen (secondary N) is 1. The van der Waals surface area contributed by atoms with E-state index >= 15 is 0 Å². The standard InChI is InChI=1S/C22H31FN4O/c1-17-14-19(23)16-21(15-17)27-12-10-26(11-13-27)9-7-18-2-4-20(5-3-18)25-22(28)6-8-24/h14-16,18,20H,2-7,9-13H2,1H3,(H,25,28)/t18-,20-. The first-order valence-electron chi connectivity index (χ1n) is 10.4. The number of piperazine rings is 1. The van der Waals surface area contributed by atoms with Crippen LogP contribution in [0, 0.1) is 30.0 Å². The molecule has 2 fully saturated rings. The van der Waals surface area contributed by atoms with Crippen molar-refractivity contribution in [3.63, 3.8) is 0 Å². The first-order chi connectivity index (χ1) is 13.5. The number of nitrogens with zero attached hydrogens (tertiary/aromatic N) is 3. The second-order valence-electron chi connectivity index (χ2n) is 8.22. The smallest absolute Gasteiger partial charge is 0.234 e. The number of nitriles is 1. The Morgan fingerprint density at radius 3 is 2.54 bits per heavy atom. The van der Waals surface area contributed by atoms with Gasteiger partial charge in [0.2, 0.25) is 5.91 Å². The number of rotatable bonds is 6. The molecule has 0 aromatic heterocycles. The highest BCUT2D eigenvalue weighted by molar-refractivity contribution is 5.78. The molecule has 0 spiro atoms. The predicted octanol–water partition coefficient (Wildman–Crippen LogP) is 3.23. The van der Waals surface area contributed by atoms with Gasteiger partial charge in [0.25, 0.3) is 0 Å². The van der Waals surface area contributed by atoms with Crippen molar-refractivity contribution in [2.24, 2.45) is 5.92 Å². The summed E-state index contributed by atoms with van der Waals surface area (Å²) in [5, 5.41) is 11.5. The second-order valence-corrected chi connectivity index (χ2v) is 8.22. The van der Waals surface area contributed by atoms with Crippen LogP contribution in [0.4, 0.5) is 10.1 Å². The zero-order chi connectivity index (χ0) is 19.9.